The number of nitrogen functional groups attached to an aromatic ring is 1. The maximum absolute atomic E-state index is 6.25. The Morgan fingerprint density at radius 1 is 1.08 bits per heavy atom. The number of nitrogens with one attached hydrogen (secondary N) is 1. The van der Waals surface area contributed by atoms with Crippen molar-refractivity contribution in [3.05, 3.63) is 42.5 Å². The first-order valence-electron chi connectivity index (χ1n) is 8.90. The van der Waals surface area contributed by atoms with Gasteiger partial charge in [0.1, 0.15) is 11.3 Å². The van der Waals surface area contributed by atoms with Crippen molar-refractivity contribution < 1.29 is 4.74 Å². The average molecular weight is 350 g/mol. The fourth-order valence-corrected chi connectivity index (χ4v) is 3.36. The largest absolute Gasteiger partial charge is 0.488 e. The number of aromatic nitrogens is 4. The van der Waals surface area contributed by atoms with Crippen molar-refractivity contribution in [1.82, 2.24) is 19.9 Å². The summed E-state index contributed by atoms with van der Waals surface area (Å²) < 4.78 is 6.25. The predicted molar refractivity (Wildman–Crippen MR) is 101 cm³/mol. The summed E-state index contributed by atoms with van der Waals surface area (Å²) in [5.41, 5.74) is 9.06. The van der Waals surface area contributed by atoms with Crippen molar-refractivity contribution in [3.63, 3.8) is 0 Å². The van der Waals surface area contributed by atoms with Gasteiger partial charge in [-0.15, -0.1) is 0 Å². The highest BCUT2D eigenvalue weighted by Crippen LogP contribution is 2.30. The zero-order valence-corrected chi connectivity index (χ0v) is 14.7. The highest BCUT2D eigenvalue weighted by molar-refractivity contribution is 5.84. The molecule has 1 fully saturated rings. The molecule has 3 aromatic rings. The van der Waals surface area contributed by atoms with Crippen LogP contribution < -0.4 is 15.8 Å². The minimum Gasteiger partial charge on any atom is -0.488 e. The Labute approximate surface area is 152 Å². The summed E-state index contributed by atoms with van der Waals surface area (Å²) in [4.78, 5) is 17.4. The molecule has 134 valence electrons. The Morgan fingerprint density at radius 2 is 1.85 bits per heavy atom. The Kier molecular flexibility index (Phi) is 4.51. The summed E-state index contributed by atoms with van der Waals surface area (Å²) >= 11 is 0. The molecule has 0 spiro atoms. The SMILES string of the molecule is Cc1cnc2c(OC3CCC(Nc4ncccn4)CC3)cc(N)cc2n1. The van der Waals surface area contributed by atoms with Crippen LogP contribution in [0.2, 0.25) is 0 Å². The number of benzene rings is 1. The molecule has 0 saturated heterocycles. The monoisotopic (exact) mass is 350 g/mol. The first-order valence-corrected chi connectivity index (χ1v) is 8.90. The Hall–Kier alpha value is -2.96. The van der Waals surface area contributed by atoms with E-state index < -0.39 is 0 Å². The van der Waals surface area contributed by atoms with Gasteiger partial charge in [-0.05, 0) is 44.7 Å². The lowest BCUT2D eigenvalue weighted by Crippen LogP contribution is -2.31. The third-order valence-corrected chi connectivity index (χ3v) is 4.62. The molecule has 26 heavy (non-hydrogen) atoms. The molecule has 0 atom stereocenters. The lowest BCUT2D eigenvalue weighted by atomic mass is 9.93. The topological polar surface area (TPSA) is 98.8 Å². The summed E-state index contributed by atoms with van der Waals surface area (Å²) in [5, 5.41) is 3.39. The van der Waals surface area contributed by atoms with E-state index >= 15 is 0 Å². The van der Waals surface area contributed by atoms with E-state index in [1.807, 2.05) is 25.1 Å². The number of nitrogens with zero attached hydrogens (tertiary/aromatic N) is 4. The first-order chi connectivity index (χ1) is 12.7. The van der Waals surface area contributed by atoms with Crippen LogP contribution >= 0.6 is 0 Å². The molecule has 1 aliphatic carbocycles. The molecule has 2 aromatic heterocycles. The lowest BCUT2D eigenvalue weighted by molar-refractivity contribution is 0.152. The molecule has 7 heteroatoms. The maximum Gasteiger partial charge on any atom is 0.222 e. The average Bonchev–Trinajstić information content (AvgIpc) is 2.64. The normalized spacial score (nSPS) is 20.0. The van der Waals surface area contributed by atoms with E-state index in [1.54, 1.807) is 18.6 Å². The molecule has 0 bridgehead atoms. The van der Waals surface area contributed by atoms with Crippen molar-refractivity contribution in [3.8, 4) is 5.75 Å². The third kappa shape index (κ3) is 3.66. The van der Waals surface area contributed by atoms with Crippen LogP contribution in [0.15, 0.2) is 36.8 Å². The van der Waals surface area contributed by atoms with Gasteiger partial charge in [0.2, 0.25) is 5.95 Å². The molecule has 0 radical (unpaired) electrons. The van der Waals surface area contributed by atoms with Crippen LogP contribution in [0.5, 0.6) is 5.75 Å². The Morgan fingerprint density at radius 3 is 2.62 bits per heavy atom. The van der Waals surface area contributed by atoms with Gasteiger partial charge in [-0.25, -0.2) is 19.9 Å². The number of nitrogens with two attached hydrogens (primary N) is 1. The summed E-state index contributed by atoms with van der Waals surface area (Å²) in [5.74, 6) is 1.40. The second-order valence-electron chi connectivity index (χ2n) is 6.71. The molecule has 0 amide bonds. The molecule has 4 rings (SSSR count). The van der Waals surface area contributed by atoms with Crippen LogP contribution in [0.3, 0.4) is 0 Å². The zero-order valence-electron chi connectivity index (χ0n) is 14.7. The number of hydrogen-bond acceptors (Lipinski definition) is 7. The fraction of sp³-hybridized carbons (Fsp3) is 0.368. The summed E-state index contributed by atoms with van der Waals surface area (Å²) in [6.45, 7) is 1.92. The Bertz CT molecular complexity index is 888. The van der Waals surface area contributed by atoms with Crippen LogP contribution in [0.4, 0.5) is 11.6 Å². The van der Waals surface area contributed by atoms with Crippen LogP contribution in [0, 0.1) is 6.92 Å². The van der Waals surface area contributed by atoms with E-state index in [2.05, 4.69) is 25.3 Å². The highest BCUT2D eigenvalue weighted by Gasteiger charge is 2.23. The quantitative estimate of drug-likeness (QED) is 0.697. The van der Waals surface area contributed by atoms with Gasteiger partial charge in [0.15, 0.2) is 0 Å². The molecule has 7 nitrogen and oxygen atoms in total. The molecule has 3 N–H and O–H groups in total. The van der Waals surface area contributed by atoms with Gasteiger partial charge in [0.25, 0.3) is 0 Å². The third-order valence-electron chi connectivity index (χ3n) is 4.62. The maximum atomic E-state index is 6.25. The second-order valence-corrected chi connectivity index (χ2v) is 6.71. The van der Waals surface area contributed by atoms with Crippen LogP contribution in [-0.4, -0.2) is 32.1 Å². The Balaban J connectivity index is 1.42. The summed E-state index contributed by atoms with van der Waals surface area (Å²) in [6, 6.07) is 5.87. The standard InChI is InChI=1S/C19H22N6O/c1-12-11-23-18-16(24-12)9-13(20)10-17(18)26-15-5-3-14(4-6-15)25-19-21-7-2-8-22-19/h2,7-11,14-15H,3-6,20H2,1H3,(H,21,22,25). The van der Waals surface area contributed by atoms with E-state index in [0.717, 1.165) is 48.2 Å². The number of fused-ring (bicyclic) bond motifs is 1. The predicted octanol–water partition coefficient (Wildman–Crippen LogP) is 3.11. The van der Waals surface area contributed by atoms with E-state index in [1.165, 1.54) is 0 Å². The van der Waals surface area contributed by atoms with Crippen molar-refractivity contribution in [1.29, 1.82) is 0 Å². The van der Waals surface area contributed by atoms with Gasteiger partial charge in [-0.3, -0.25) is 0 Å². The number of aryl methyl sites for hydroxylation is 1. The second kappa shape index (κ2) is 7.11. The van der Waals surface area contributed by atoms with Crippen molar-refractivity contribution in [2.75, 3.05) is 11.1 Å². The van der Waals surface area contributed by atoms with Crippen molar-refractivity contribution in [2.45, 2.75) is 44.8 Å². The zero-order chi connectivity index (χ0) is 17.9. The van der Waals surface area contributed by atoms with Gasteiger partial charge < -0.3 is 15.8 Å². The molecular weight excluding hydrogens is 328 g/mol. The number of anilines is 2. The fourth-order valence-electron chi connectivity index (χ4n) is 3.36. The molecular formula is C19H22N6O. The van der Waals surface area contributed by atoms with E-state index in [0.29, 0.717) is 17.7 Å². The lowest BCUT2D eigenvalue weighted by Gasteiger charge is -2.29. The highest BCUT2D eigenvalue weighted by atomic mass is 16.5. The summed E-state index contributed by atoms with van der Waals surface area (Å²) in [7, 11) is 0. The number of rotatable bonds is 4. The molecule has 0 unspecified atom stereocenters. The van der Waals surface area contributed by atoms with Crippen LogP contribution in [0.25, 0.3) is 11.0 Å². The minimum absolute atomic E-state index is 0.151. The van der Waals surface area contributed by atoms with Gasteiger partial charge in [-0.1, -0.05) is 0 Å². The smallest absolute Gasteiger partial charge is 0.222 e. The summed E-state index contributed by atoms with van der Waals surface area (Å²) in [6.07, 6.45) is 9.33. The molecule has 0 aliphatic heterocycles. The van der Waals surface area contributed by atoms with Crippen LogP contribution in [0.1, 0.15) is 31.4 Å². The first kappa shape index (κ1) is 16.5. The number of ether oxygens (including phenoxy) is 1. The van der Waals surface area contributed by atoms with Gasteiger partial charge >= 0.3 is 0 Å². The minimum atomic E-state index is 0.151. The van der Waals surface area contributed by atoms with E-state index in [-0.39, 0.29) is 6.10 Å². The van der Waals surface area contributed by atoms with Crippen LogP contribution in [-0.2, 0) is 0 Å². The molecule has 1 aromatic carbocycles. The van der Waals surface area contributed by atoms with Crippen molar-refractivity contribution in [2.24, 2.45) is 0 Å². The number of hydrogen-bond donors (Lipinski definition) is 2. The van der Waals surface area contributed by atoms with Gasteiger partial charge in [-0.2, -0.15) is 0 Å². The van der Waals surface area contributed by atoms with Gasteiger partial charge in [0.05, 0.1) is 17.3 Å². The van der Waals surface area contributed by atoms with Gasteiger partial charge in [0, 0.05) is 36.4 Å². The van der Waals surface area contributed by atoms with Crippen molar-refractivity contribution >= 4 is 22.7 Å². The van der Waals surface area contributed by atoms with E-state index in [9.17, 15) is 0 Å². The molecule has 2 heterocycles. The molecule has 1 aliphatic rings. The molecule has 1 saturated carbocycles. The van der Waals surface area contributed by atoms with E-state index in [4.69, 9.17) is 10.5 Å².